The van der Waals surface area contributed by atoms with Crippen molar-refractivity contribution in [1.29, 1.82) is 0 Å². The molecule has 0 aliphatic rings. The number of rotatable bonds is 7. The zero-order valence-corrected chi connectivity index (χ0v) is 14.1. The normalized spacial score (nSPS) is 12.3. The Morgan fingerprint density at radius 2 is 1.85 bits per heavy atom. The van der Waals surface area contributed by atoms with E-state index in [1.165, 1.54) is 27.5 Å². The van der Waals surface area contributed by atoms with Crippen LogP contribution in [0.15, 0.2) is 54.6 Å². The van der Waals surface area contributed by atoms with E-state index in [1.807, 2.05) is 0 Å². The fraction of sp³-hybridized carbons (Fsp3) is 0.333. The van der Waals surface area contributed by atoms with Crippen molar-refractivity contribution < 1.29 is 0 Å². The lowest BCUT2D eigenvalue weighted by atomic mass is 9.99. The Bertz CT molecular complexity index is 510. The van der Waals surface area contributed by atoms with Crippen molar-refractivity contribution in [1.82, 2.24) is 5.32 Å². The average molecular weight is 379 g/mol. The molecule has 20 heavy (non-hydrogen) atoms. The van der Waals surface area contributed by atoms with E-state index in [1.54, 1.807) is 0 Å². The molecule has 0 saturated heterocycles. The second kappa shape index (κ2) is 8.42. The fourth-order valence-corrected chi connectivity index (χ4v) is 3.08. The van der Waals surface area contributed by atoms with Gasteiger partial charge < -0.3 is 5.32 Å². The molecular formula is C18H22IN. The smallest absolute Gasteiger partial charge is 0.0320 e. The number of hydrogen-bond acceptors (Lipinski definition) is 1. The Hall–Kier alpha value is -0.870. The Labute approximate surface area is 135 Å². The van der Waals surface area contributed by atoms with Gasteiger partial charge in [-0.1, -0.05) is 49.4 Å². The van der Waals surface area contributed by atoms with Crippen molar-refractivity contribution in [2.75, 3.05) is 6.54 Å². The molecule has 0 fully saturated rings. The lowest BCUT2D eigenvalue weighted by molar-refractivity contribution is 0.498. The van der Waals surface area contributed by atoms with Gasteiger partial charge in [-0.25, -0.2) is 0 Å². The zero-order chi connectivity index (χ0) is 14.2. The van der Waals surface area contributed by atoms with E-state index in [-0.39, 0.29) is 0 Å². The van der Waals surface area contributed by atoms with Gasteiger partial charge in [-0.2, -0.15) is 0 Å². The number of hydrogen-bond donors (Lipinski definition) is 1. The van der Waals surface area contributed by atoms with Gasteiger partial charge in [0.25, 0.3) is 0 Å². The first kappa shape index (κ1) is 15.5. The van der Waals surface area contributed by atoms with Gasteiger partial charge in [0.1, 0.15) is 0 Å². The van der Waals surface area contributed by atoms with Crippen molar-refractivity contribution in [3.8, 4) is 0 Å². The molecule has 1 N–H and O–H groups in total. The molecule has 2 aromatic carbocycles. The second-order valence-corrected chi connectivity index (χ2v) is 6.29. The summed E-state index contributed by atoms with van der Waals surface area (Å²) in [6, 6.07) is 20.0. The molecule has 106 valence electrons. The molecule has 0 bridgehead atoms. The number of halogens is 1. The third-order valence-electron chi connectivity index (χ3n) is 3.50. The van der Waals surface area contributed by atoms with Crippen molar-refractivity contribution in [2.24, 2.45) is 0 Å². The summed E-state index contributed by atoms with van der Waals surface area (Å²) in [4.78, 5) is 0. The first-order valence-corrected chi connectivity index (χ1v) is 8.40. The highest BCUT2D eigenvalue weighted by Crippen LogP contribution is 2.21. The minimum absolute atomic E-state index is 0.471. The molecule has 1 nitrogen and oxygen atoms in total. The van der Waals surface area contributed by atoms with Crippen LogP contribution >= 0.6 is 22.6 Å². The summed E-state index contributed by atoms with van der Waals surface area (Å²) >= 11 is 2.39. The van der Waals surface area contributed by atoms with Gasteiger partial charge in [0.15, 0.2) is 0 Å². The van der Waals surface area contributed by atoms with Gasteiger partial charge in [0.2, 0.25) is 0 Å². The summed E-state index contributed by atoms with van der Waals surface area (Å²) in [5.74, 6) is 0. The zero-order valence-electron chi connectivity index (χ0n) is 12.0. The maximum atomic E-state index is 3.61. The predicted molar refractivity (Wildman–Crippen MR) is 95.0 cm³/mol. The summed E-state index contributed by atoms with van der Waals surface area (Å²) in [7, 11) is 0. The summed E-state index contributed by atoms with van der Waals surface area (Å²) in [6.07, 6.45) is 3.56. The minimum Gasteiger partial charge on any atom is -0.310 e. The van der Waals surface area contributed by atoms with Crippen LogP contribution in [0.3, 0.4) is 0 Å². The lowest BCUT2D eigenvalue weighted by Crippen LogP contribution is -2.21. The number of nitrogens with one attached hydrogen (secondary N) is 1. The van der Waals surface area contributed by atoms with Crippen LogP contribution in [0.5, 0.6) is 0 Å². The van der Waals surface area contributed by atoms with E-state index in [9.17, 15) is 0 Å². The molecule has 0 saturated carbocycles. The van der Waals surface area contributed by atoms with Crippen molar-refractivity contribution in [3.05, 3.63) is 69.3 Å². The monoisotopic (exact) mass is 379 g/mol. The standard InChI is InChI=1S/C18H22IN/c1-2-20-18(16-11-7-12-17(19)14-16)13-6-10-15-8-4-3-5-9-15/h3-5,7-9,11-12,14,18,20H,2,6,10,13H2,1H3. The fourth-order valence-electron chi connectivity index (χ4n) is 2.51. The average Bonchev–Trinajstić information content (AvgIpc) is 2.47. The molecule has 0 heterocycles. The summed E-state index contributed by atoms with van der Waals surface area (Å²) in [6.45, 7) is 3.19. The van der Waals surface area contributed by atoms with Crippen LogP contribution in [0.1, 0.15) is 36.9 Å². The van der Waals surface area contributed by atoms with E-state index in [2.05, 4.69) is 89.4 Å². The molecule has 0 radical (unpaired) electrons. The molecule has 0 aliphatic carbocycles. The van der Waals surface area contributed by atoms with Gasteiger partial charge in [-0.3, -0.25) is 0 Å². The van der Waals surface area contributed by atoms with E-state index >= 15 is 0 Å². The van der Waals surface area contributed by atoms with E-state index in [0.29, 0.717) is 6.04 Å². The Morgan fingerprint density at radius 1 is 1.05 bits per heavy atom. The number of aryl methyl sites for hydroxylation is 1. The summed E-state index contributed by atoms with van der Waals surface area (Å²) in [5, 5.41) is 3.61. The molecular weight excluding hydrogens is 357 g/mol. The Balaban J connectivity index is 1.92. The van der Waals surface area contributed by atoms with E-state index < -0.39 is 0 Å². The minimum atomic E-state index is 0.471. The predicted octanol–water partition coefficient (Wildman–Crippen LogP) is 4.96. The van der Waals surface area contributed by atoms with Crippen molar-refractivity contribution >= 4 is 22.6 Å². The Kier molecular flexibility index (Phi) is 6.54. The van der Waals surface area contributed by atoms with E-state index in [0.717, 1.165) is 13.0 Å². The quantitative estimate of drug-likeness (QED) is 0.671. The van der Waals surface area contributed by atoms with Gasteiger partial charge in [0, 0.05) is 9.61 Å². The maximum Gasteiger partial charge on any atom is 0.0320 e. The van der Waals surface area contributed by atoms with Crippen LogP contribution in [0.2, 0.25) is 0 Å². The molecule has 0 aliphatic heterocycles. The largest absolute Gasteiger partial charge is 0.310 e. The van der Waals surface area contributed by atoms with Gasteiger partial charge in [-0.15, -0.1) is 0 Å². The summed E-state index contributed by atoms with van der Waals surface area (Å²) < 4.78 is 1.31. The molecule has 0 amide bonds. The maximum absolute atomic E-state index is 3.61. The van der Waals surface area contributed by atoms with Gasteiger partial charge in [-0.05, 0) is 71.7 Å². The molecule has 1 atom stereocenters. The highest BCUT2D eigenvalue weighted by molar-refractivity contribution is 14.1. The van der Waals surface area contributed by atoms with Crippen LogP contribution in [0.25, 0.3) is 0 Å². The SMILES string of the molecule is CCNC(CCCc1ccccc1)c1cccc(I)c1. The summed E-state index contributed by atoms with van der Waals surface area (Å²) in [5.41, 5.74) is 2.84. The molecule has 2 heteroatoms. The Morgan fingerprint density at radius 3 is 2.55 bits per heavy atom. The second-order valence-electron chi connectivity index (χ2n) is 5.04. The first-order chi connectivity index (χ1) is 9.79. The van der Waals surface area contributed by atoms with Crippen LogP contribution in [0, 0.1) is 3.57 Å². The molecule has 0 aromatic heterocycles. The molecule has 0 spiro atoms. The molecule has 2 rings (SSSR count). The van der Waals surface area contributed by atoms with Crippen molar-refractivity contribution in [2.45, 2.75) is 32.2 Å². The highest BCUT2D eigenvalue weighted by Gasteiger charge is 2.10. The van der Waals surface area contributed by atoms with Crippen LogP contribution in [-0.2, 0) is 6.42 Å². The molecule has 1 unspecified atom stereocenters. The first-order valence-electron chi connectivity index (χ1n) is 7.32. The molecule has 2 aromatic rings. The van der Waals surface area contributed by atoms with Crippen molar-refractivity contribution in [3.63, 3.8) is 0 Å². The lowest BCUT2D eigenvalue weighted by Gasteiger charge is -2.18. The number of benzene rings is 2. The third-order valence-corrected chi connectivity index (χ3v) is 4.17. The highest BCUT2D eigenvalue weighted by atomic mass is 127. The topological polar surface area (TPSA) is 12.0 Å². The van der Waals surface area contributed by atoms with Crippen LogP contribution in [-0.4, -0.2) is 6.54 Å². The van der Waals surface area contributed by atoms with Gasteiger partial charge >= 0.3 is 0 Å². The third kappa shape index (κ3) is 4.91. The van der Waals surface area contributed by atoms with Gasteiger partial charge in [0.05, 0.1) is 0 Å². The van der Waals surface area contributed by atoms with E-state index in [4.69, 9.17) is 0 Å². The van der Waals surface area contributed by atoms with Crippen LogP contribution < -0.4 is 5.32 Å². The van der Waals surface area contributed by atoms with Crippen LogP contribution in [0.4, 0.5) is 0 Å².